The van der Waals surface area contributed by atoms with E-state index in [9.17, 15) is 0 Å². The monoisotopic (exact) mass is 320 g/mol. The van der Waals surface area contributed by atoms with Crippen LogP contribution in [-0.2, 0) is 17.7 Å². The Bertz CT molecular complexity index is 770. The van der Waals surface area contributed by atoms with Crippen LogP contribution in [0.3, 0.4) is 0 Å². The number of nitrogens with zero attached hydrogens (tertiary/aromatic N) is 4. The van der Waals surface area contributed by atoms with Crippen molar-refractivity contribution in [1.82, 2.24) is 19.7 Å². The third-order valence-corrected chi connectivity index (χ3v) is 3.96. The predicted octanol–water partition coefficient (Wildman–Crippen LogP) is 2.93. The van der Waals surface area contributed by atoms with Crippen molar-refractivity contribution in [3.63, 3.8) is 0 Å². The van der Waals surface area contributed by atoms with Gasteiger partial charge in [0.2, 0.25) is 5.89 Å². The Labute approximate surface area is 133 Å². The van der Waals surface area contributed by atoms with Gasteiger partial charge >= 0.3 is 0 Å². The molecule has 6 nitrogen and oxygen atoms in total. The second-order valence-electron chi connectivity index (χ2n) is 5.16. The minimum Gasteiger partial charge on any atom is -0.440 e. The number of halogens is 1. The van der Waals surface area contributed by atoms with Crippen LogP contribution in [0.1, 0.15) is 23.1 Å². The molecule has 116 valence electrons. The summed E-state index contributed by atoms with van der Waals surface area (Å²) in [6, 6.07) is 3.72. The van der Waals surface area contributed by atoms with Crippen molar-refractivity contribution in [3.05, 3.63) is 40.3 Å². The summed E-state index contributed by atoms with van der Waals surface area (Å²) in [6.07, 6.45) is 0.482. The maximum Gasteiger partial charge on any atom is 0.203 e. The Morgan fingerprint density at radius 2 is 2.09 bits per heavy atom. The molecule has 3 aromatic rings. The maximum atomic E-state index is 6.11. The highest BCUT2D eigenvalue weighted by Crippen LogP contribution is 2.24. The van der Waals surface area contributed by atoms with Crippen molar-refractivity contribution in [2.45, 2.75) is 26.8 Å². The lowest BCUT2D eigenvalue weighted by Gasteiger charge is -2.06. The van der Waals surface area contributed by atoms with E-state index in [0.717, 1.165) is 22.7 Å². The van der Waals surface area contributed by atoms with Gasteiger partial charge in [0, 0.05) is 24.7 Å². The molecule has 0 amide bonds. The SMILES string of the molecule is COCCn1c(C)nnc1Cc1nc2cc(C)c(Cl)cc2o1. The topological polar surface area (TPSA) is 66.0 Å². The summed E-state index contributed by atoms with van der Waals surface area (Å²) in [5, 5.41) is 8.99. The van der Waals surface area contributed by atoms with Gasteiger partial charge in [0.1, 0.15) is 17.2 Å². The zero-order valence-corrected chi connectivity index (χ0v) is 13.5. The van der Waals surface area contributed by atoms with Crippen molar-refractivity contribution < 1.29 is 9.15 Å². The zero-order valence-electron chi connectivity index (χ0n) is 12.8. The van der Waals surface area contributed by atoms with Crippen LogP contribution in [0.2, 0.25) is 5.02 Å². The van der Waals surface area contributed by atoms with Gasteiger partial charge in [-0.25, -0.2) is 4.98 Å². The Hall–Kier alpha value is -1.92. The number of oxazole rings is 1. The fraction of sp³-hybridized carbons (Fsp3) is 0.400. The van der Waals surface area contributed by atoms with E-state index in [4.69, 9.17) is 20.8 Å². The van der Waals surface area contributed by atoms with Crippen molar-refractivity contribution >= 4 is 22.7 Å². The van der Waals surface area contributed by atoms with Crippen LogP contribution in [0.4, 0.5) is 0 Å². The first-order chi connectivity index (χ1) is 10.6. The molecule has 0 aliphatic carbocycles. The van der Waals surface area contributed by atoms with Gasteiger partial charge in [-0.05, 0) is 25.5 Å². The molecule has 22 heavy (non-hydrogen) atoms. The lowest BCUT2D eigenvalue weighted by Crippen LogP contribution is -2.10. The van der Waals surface area contributed by atoms with Crippen LogP contribution in [0.25, 0.3) is 11.1 Å². The van der Waals surface area contributed by atoms with Crippen LogP contribution in [0, 0.1) is 13.8 Å². The first-order valence-corrected chi connectivity index (χ1v) is 7.39. The van der Waals surface area contributed by atoms with Gasteiger partial charge in [0.15, 0.2) is 5.58 Å². The van der Waals surface area contributed by atoms with E-state index in [1.54, 1.807) is 13.2 Å². The molecule has 2 aromatic heterocycles. The number of ether oxygens (including phenoxy) is 1. The third-order valence-electron chi connectivity index (χ3n) is 3.55. The van der Waals surface area contributed by atoms with Crippen LogP contribution >= 0.6 is 11.6 Å². The molecular weight excluding hydrogens is 304 g/mol. The number of hydrogen-bond donors (Lipinski definition) is 0. The largest absolute Gasteiger partial charge is 0.440 e. The second-order valence-corrected chi connectivity index (χ2v) is 5.57. The fourth-order valence-electron chi connectivity index (χ4n) is 2.34. The molecule has 0 saturated carbocycles. The van der Waals surface area contributed by atoms with E-state index in [1.165, 1.54) is 0 Å². The van der Waals surface area contributed by atoms with Gasteiger partial charge in [-0.2, -0.15) is 0 Å². The number of aromatic nitrogens is 4. The van der Waals surface area contributed by atoms with E-state index >= 15 is 0 Å². The van der Waals surface area contributed by atoms with Gasteiger partial charge < -0.3 is 13.7 Å². The van der Waals surface area contributed by atoms with Gasteiger partial charge in [-0.3, -0.25) is 0 Å². The second kappa shape index (κ2) is 6.06. The molecule has 1 aromatic carbocycles. The molecule has 2 heterocycles. The summed E-state index contributed by atoms with van der Waals surface area (Å²) >= 11 is 6.11. The number of hydrogen-bond acceptors (Lipinski definition) is 5. The number of methoxy groups -OCH3 is 1. The first-order valence-electron chi connectivity index (χ1n) is 7.01. The standard InChI is InChI=1S/C15H17ClN4O2/c1-9-6-12-13(7-11(9)16)22-15(17-12)8-14-19-18-10(2)20(14)4-5-21-3/h6-7H,4-5,8H2,1-3H3. The summed E-state index contributed by atoms with van der Waals surface area (Å²) < 4.78 is 12.9. The molecule has 0 fully saturated rings. The molecule has 0 spiro atoms. The van der Waals surface area contributed by atoms with E-state index < -0.39 is 0 Å². The number of benzene rings is 1. The highest BCUT2D eigenvalue weighted by molar-refractivity contribution is 6.32. The molecule has 7 heteroatoms. The predicted molar refractivity (Wildman–Crippen MR) is 83.2 cm³/mol. The highest BCUT2D eigenvalue weighted by Gasteiger charge is 2.14. The van der Waals surface area contributed by atoms with Crippen molar-refractivity contribution in [2.24, 2.45) is 0 Å². The zero-order chi connectivity index (χ0) is 15.7. The maximum absolute atomic E-state index is 6.11. The smallest absolute Gasteiger partial charge is 0.203 e. The number of fused-ring (bicyclic) bond motifs is 1. The quantitative estimate of drug-likeness (QED) is 0.723. The fourth-order valence-corrected chi connectivity index (χ4v) is 2.49. The summed E-state index contributed by atoms with van der Waals surface area (Å²) in [4.78, 5) is 4.50. The molecule has 0 aliphatic heterocycles. The minimum atomic E-state index is 0.482. The first kappa shape index (κ1) is 15.0. The van der Waals surface area contributed by atoms with Crippen LogP contribution in [-0.4, -0.2) is 33.5 Å². The van der Waals surface area contributed by atoms with E-state index in [0.29, 0.717) is 36.1 Å². The highest BCUT2D eigenvalue weighted by atomic mass is 35.5. The van der Waals surface area contributed by atoms with Crippen molar-refractivity contribution in [3.8, 4) is 0 Å². The van der Waals surface area contributed by atoms with E-state index in [1.807, 2.05) is 24.5 Å². The molecule has 0 saturated heterocycles. The van der Waals surface area contributed by atoms with E-state index in [-0.39, 0.29) is 0 Å². The molecule has 0 bridgehead atoms. The Balaban J connectivity index is 1.90. The molecule has 3 rings (SSSR count). The lowest BCUT2D eigenvalue weighted by atomic mass is 10.2. The van der Waals surface area contributed by atoms with Gasteiger partial charge in [0.05, 0.1) is 13.0 Å². The molecular formula is C15H17ClN4O2. The Morgan fingerprint density at radius 3 is 2.86 bits per heavy atom. The Kier molecular flexibility index (Phi) is 4.13. The van der Waals surface area contributed by atoms with Crippen LogP contribution in [0.5, 0.6) is 0 Å². The van der Waals surface area contributed by atoms with Gasteiger partial charge in [-0.15, -0.1) is 10.2 Å². The summed E-state index contributed by atoms with van der Waals surface area (Å²) in [5.74, 6) is 2.26. The van der Waals surface area contributed by atoms with Crippen LogP contribution < -0.4 is 0 Å². The normalized spacial score (nSPS) is 11.5. The van der Waals surface area contributed by atoms with E-state index in [2.05, 4.69) is 15.2 Å². The summed E-state index contributed by atoms with van der Waals surface area (Å²) in [5.41, 5.74) is 2.47. The molecule has 0 aliphatic rings. The minimum absolute atomic E-state index is 0.482. The lowest BCUT2D eigenvalue weighted by molar-refractivity contribution is 0.185. The summed E-state index contributed by atoms with van der Waals surface area (Å²) in [6.45, 7) is 5.17. The number of aryl methyl sites for hydroxylation is 2. The molecule has 0 unspecified atom stereocenters. The van der Waals surface area contributed by atoms with Crippen molar-refractivity contribution in [1.29, 1.82) is 0 Å². The average Bonchev–Trinajstić information content (AvgIpc) is 3.01. The Morgan fingerprint density at radius 1 is 1.27 bits per heavy atom. The third kappa shape index (κ3) is 2.84. The van der Waals surface area contributed by atoms with Gasteiger partial charge in [-0.1, -0.05) is 11.6 Å². The molecule has 0 radical (unpaired) electrons. The molecule has 0 N–H and O–H groups in total. The van der Waals surface area contributed by atoms with Crippen LogP contribution in [0.15, 0.2) is 16.5 Å². The average molecular weight is 321 g/mol. The molecule has 0 atom stereocenters. The number of rotatable bonds is 5. The summed E-state index contributed by atoms with van der Waals surface area (Å²) in [7, 11) is 1.67. The van der Waals surface area contributed by atoms with Crippen molar-refractivity contribution in [2.75, 3.05) is 13.7 Å². The van der Waals surface area contributed by atoms with Gasteiger partial charge in [0.25, 0.3) is 0 Å².